The van der Waals surface area contributed by atoms with E-state index in [0.29, 0.717) is 11.1 Å². The van der Waals surface area contributed by atoms with Crippen molar-refractivity contribution in [1.29, 1.82) is 0 Å². The first kappa shape index (κ1) is 27.1. The van der Waals surface area contributed by atoms with Crippen LogP contribution in [0.3, 0.4) is 0 Å². The molecule has 4 atom stereocenters. The fraction of sp³-hybridized carbons (Fsp3) is 0.318. The van der Waals surface area contributed by atoms with E-state index in [1.165, 1.54) is 19.6 Å². The Morgan fingerprint density at radius 2 is 2.11 bits per heavy atom. The van der Waals surface area contributed by atoms with Crippen LogP contribution in [0, 0.1) is 0 Å². The second-order valence-corrected chi connectivity index (χ2v) is 12.2. The van der Waals surface area contributed by atoms with Crippen LogP contribution in [0.1, 0.15) is 45.3 Å². The minimum absolute atomic E-state index is 0.167. The number of aromatic nitrogens is 2. The van der Waals surface area contributed by atoms with Gasteiger partial charge in [0.25, 0.3) is 0 Å². The van der Waals surface area contributed by atoms with Gasteiger partial charge in [-0.25, -0.2) is 9.97 Å². The predicted octanol–water partition coefficient (Wildman–Crippen LogP) is 3.05. The highest BCUT2D eigenvalue weighted by Crippen LogP contribution is 2.37. The number of nitrogens with one attached hydrogen (secondary N) is 2. The lowest BCUT2D eigenvalue weighted by Gasteiger charge is -2.15. The van der Waals surface area contributed by atoms with Gasteiger partial charge >= 0.3 is 10.3 Å². The summed E-state index contributed by atoms with van der Waals surface area (Å²) in [4.78, 5) is 21.8. The van der Waals surface area contributed by atoms with Gasteiger partial charge in [-0.15, -0.1) is 11.3 Å². The van der Waals surface area contributed by atoms with Crippen LogP contribution < -0.4 is 10.0 Å². The number of rotatable bonds is 9. The SMILES string of the molecule is CNS(=O)(=O)O[C@@H]1C[C@H](Nc2ncncc2C(=O)c2cc([C@H](O)c3cccc(Br)c3)c(Cl)s2)C[C@@H]1O. The van der Waals surface area contributed by atoms with E-state index < -0.39 is 40.4 Å². The van der Waals surface area contributed by atoms with Gasteiger partial charge in [-0.05, 0) is 36.6 Å². The first-order valence-electron chi connectivity index (χ1n) is 10.7. The summed E-state index contributed by atoms with van der Waals surface area (Å²) in [5.74, 6) is -0.176. The molecule has 1 fully saturated rings. The Bertz CT molecular complexity index is 1370. The molecule has 36 heavy (non-hydrogen) atoms. The highest BCUT2D eigenvalue weighted by molar-refractivity contribution is 9.10. The van der Waals surface area contributed by atoms with Crippen molar-refractivity contribution in [3.63, 3.8) is 0 Å². The van der Waals surface area contributed by atoms with E-state index in [2.05, 4.69) is 31.2 Å². The van der Waals surface area contributed by atoms with Gasteiger partial charge in [-0.1, -0.05) is 39.7 Å². The molecular weight excluding hydrogens is 596 g/mol. The number of carbonyl (C=O) groups is 1. The zero-order valence-electron chi connectivity index (χ0n) is 18.8. The number of benzene rings is 1. The highest BCUT2D eigenvalue weighted by atomic mass is 79.9. The van der Waals surface area contributed by atoms with Crippen LogP contribution in [0.2, 0.25) is 4.34 Å². The molecule has 14 heteroatoms. The zero-order valence-corrected chi connectivity index (χ0v) is 22.7. The van der Waals surface area contributed by atoms with Crippen molar-refractivity contribution in [1.82, 2.24) is 14.7 Å². The summed E-state index contributed by atoms with van der Waals surface area (Å²) in [6.45, 7) is 0. The van der Waals surface area contributed by atoms with E-state index in [9.17, 15) is 23.4 Å². The fourth-order valence-corrected chi connectivity index (χ4v) is 6.21. The minimum atomic E-state index is -3.97. The Morgan fingerprint density at radius 3 is 2.83 bits per heavy atom. The molecule has 1 aliphatic carbocycles. The van der Waals surface area contributed by atoms with Crippen LogP contribution in [-0.2, 0) is 14.5 Å². The van der Waals surface area contributed by atoms with E-state index in [0.717, 1.165) is 15.8 Å². The monoisotopic (exact) mass is 616 g/mol. The molecule has 4 N–H and O–H groups in total. The Labute approximate surface area is 225 Å². The van der Waals surface area contributed by atoms with E-state index in [-0.39, 0.29) is 33.4 Å². The summed E-state index contributed by atoms with van der Waals surface area (Å²) in [5, 5.41) is 24.2. The van der Waals surface area contributed by atoms with Crippen LogP contribution in [0.25, 0.3) is 0 Å². The van der Waals surface area contributed by atoms with Gasteiger partial charge in [0, 0.05) is 29.3 Å². The van der Waals surface area contributed by atoms with Crippen molar-refractivity contribution in [2.75, 3.05) is 12.4 Å². The lowest BCUT2D eigenvalue weighted by Crippen LogP contribution is -2.31. The standard InChI is InChI=1S/C22H22BrClN4O6S2/c1-25-36(32,33)34-17-7-13(6-16(17)29)28-22-15(9-26-10-27-22)20(31)18-8-14(21(24)35-18)19(30)11-3-2-4-12(23)5-11/h2-5,8-10,13,16-17,19,25,29-30H,6-7H2,1H3,(H,26,27,28)/t13-,16+,17-,19-/m1/s1. The lowest BCUT2D eigenvalue weighted by molar-refractivity contribution is 0.0636. The summed E-state index contributed by atoms with van der Waals surface area (Å²) in [6.07, 6.45) is 0.00378. The van der Waals surface area contributed by atoms with Crippen LogP contribution in [-0.4, -0.2) is 59.7 Å². The molecule has 192 valence electrons. The number of hydrogen-bond donors (Lipinski definition) is 4. The third-order valence-electron chi connectivity index (χ3n) is 5.67. The number of ketones is 1. The van der Waals surface area contributed by atoms with Gasteiger partial charge in [0.2, 0.25) is 5.78 Å². The fourth-order valence-electron chi connectivity index (χ4n) is 3.88. The molecule has 0 bridgehead atoms. The normalized spacial score (nSPS) is 20.9. The zero-order chi connectivity index (χ0) is 26.0. The first-order valence-corrected chi connectivity index (χ1v) is 14.1. The van der Waals surface area contributed by atoms with E-state index in [1.807, 2.05) is 10.8 Å². The average molecular weight is 618 g/mol. The van der Waals surface area contributed by atoms with E-state index >= 15 is 0 Å². The van der Waals surface area contributed by atoms with E-state index in [4.69, 9.17) is 15.8 Å². The van der Waals surface area contributed by atoms with Crippen LogP contribution in [0.4, 0.5) is 5.82 Å². The molecule has 4 rings (SSSR count). The highest BCUT2D eigenvalue weighted by Gasteiger charge is 2.37. The largest absolute Gasteiger partial charge is 0.390 e. The van der Waals surface area contributed by atoms with Crippen molar-refractivity contribution in [3.8, 4) is 0 Å². The molecule has 1 aliphatic rings. The van der Waals surface area contributed by atoms with Crippen LogP contribution in [0.15, 0.2) is 47.3 Å². The van der Waals surface area contributed by atoms with E-state index in [1.54, 1.807) is 24.3 Å². The van der Waals surface area contributed by atoms with Crippen molar-refractivity contribution < 1.29 is 27.6 Å². The minimum Gasteiger partial charge on any atom is -0.390 e. The van der Waals surface area contributed by atoms with Gasteiger partial charge in [0.15, 0.2) is 0 Å². The lowest BCUT2D eigenvalue weighted by atomic mass is 10.0. The topological polar surface area (TPSA) is 151 Å². The number of carbonyl (C=O) groups excluding carboxylic acids is 1. The maximum Gasteiger partial charge on any atom is 0.335 e. The molecule has 0 spiro atoms. The smallest absolute Gasteiger partial charge is 0.335 e. The Balaban J connectivity index is 1.53. The summed E-state index contributed by atoms with van der Waals surface area (Å²) < 4.78 is 31.5. The molecule has 0 aliphatic heterocycles. The maximum atomic E-state index is 13.4. The third kappa shape index (κ3) is 6.11. The van der Waals surface area contributed by atoms with Gasteiger partial charge in [-0.2, -0.15) is 13.1 Å². The van der Waals surface area contributed by atoms with Crippen molar-refractivity contribution in [3.05, 3.63) is 73.2 Å². The molecule has 1 aromatic carbocycles. The summed E-state index contributed by atoms with van der Waals surface area (Å²) >= 11 is 10.8. The number of aliphatic hydroxyl groups is 2. The summed E-state index contributed by atoms with van der Waals surface area (Å²) in [5.41, 5.74) is 1.19. The van der Waals surface area contributed by atoms with Gasteiger partial charge in [-0.3, -0.25) is 8.98 Å². The summed E-state index contributed by atoms with van der Waals surface area (Å²) in [7, 11) is -2.76. The molecule has 2 aromatic heterocycles. The molecule has 3 aromatic rings. The maximum absolute atomic E-state index is 13.4. The number of halogens is 2. The molecule has 10 nitrogen and oxygen atoms in total. The Kier molecular flexibility index (Phi) is 8.42. The molecule has 0 unspecified atom stereocenters. The van der Waals surface area contributed by atoms with Crippen molar-refractivity contribution in [2.45, 2.75) is 37.2 Å². The molecule has 2 heterocycles. The second-order valence-electron chi connectivity index (χ2n) is 8.08. The predicted molar refractivity (Wildman–Crippen MR) is 139 cm³/mol. The molecule has 0 saturated heterocycles. The van der Waals surface area contributed by atoms with Gasteiger partial charge in [0.1, 0.15) is 24.4 Å². The number of aliphatic hydroxyl groups excluding tert-OH is 2. The van der Waals surface area contributed by atoms with Crippen LogP contribution in [0.5, 0.6) is 0 Å². The Hall–Kier alpha value is -1.97. The van der Waals surface area contributed by atoms with Crippen LogP contribution >= 0.6 is 38.9 Å². The first-order chi connectivity index (χ1) is 17.1. The van der Waals surface area contributed by atoms with Crippen molar-refractivity contribution >= 4 is 60.8 Å². The molecule has 0 radical (unpaired) electrons. The Morgan fingerprint density at radius 1 is 1.33 bits per heavy atom. The van der Waals surface area contributed by atoms with Gasteiger partial charge < -0.3 is 15.5 Å². The number of nitrogens with zero attached hydrogens (tertiary/aromatic N) is 2. The molecule has 0 amide bonds. The molecule has 1 saturated carbocycles. The third-order valence-corrected chi connectivity index (χ3v) is 8.55. The number of hydrogen-bond acceptors (Lipinski definition) is 10. The average Bonchev–Trinajstić information content (AvgIpc) is 3.40. The van der Waals surface area contributed by atoms with Crippen molar-refractivity contribution in [2.24, 2.45) is 0 Å². The number of anilines is 1. The number of thiophene rings is 1. The second kappa shape index (κ2) is 11.2. The summed E-state index contributed by atoms with van der Waals surface area (Å²) in [6, 6.07) is 8.29. The van der Waals surface area contributed by atoms with Gasteiger partial charge in [0.05, 0.1) is 20.9 Å². The quantitative estimate of drug-likeness (QED) is 0.266. The molecular formula is C22H22BrClN4O6S2.